The summed E-state index contributed by atoms with van der Waals surface area (Å²) in [7, 11) is 1.61. The number of carbonyl (C=O) groups excluding carboxylic acids is 1. The van der Waals surface area contributed by atoms with Crippen molar-refractivity contribution in [2.24, 2.45) is 0 Å². The maximum atomic E-state index is 12.5. The van der Waals surface area contributed by atoms with Crippen LogP contribution in [-0.4, -0.2) is 29.4 Å². The molecule has 0 unspecified atom stereocenters. The molecule has 24 heavy (non-hydrogen) atoms. The molecule has 0 bridgehead atoms. The van der Waals surface area contributed by atoms with Crippen LogP contribution in [0.15, 0.2) is 48.5 Å². The van der Waals surface area contributed by atoms with Gasteiger partial charge in [0.25, 0.3) is 5.69 Å². The molecule has 0 aromatic heterocycles. The first-order chi connectivity index (χ1) is 11.5. The summed E-state index contributed by atoms with van der Waals surface area (Å²) in [6.45, 7) is 3.04. The Hall–Kier alpha value is -2.89. The van der Waals surface area contributed by atoms with Gasteiger partial charge in [-0.25, -0.2) is 0 Å². The first-order valence-electron chi connectivity index (χ1n) is 7.67. The highest BCUT2D eigenvalue weighted by Crippen LogP contribution is 2.15. The average Bonchev–Trinajstić information content (AvgIpc) is 2.60. The largest absolute Gasteiger partial charge is 0.497 e. The molecule has 0 fully saturated rings. The van der Waals surface area contributed by atoms with Crippen LogP contribution in [0.1, 0.15) is 18.1 Å². The molecule has 6 heteroatoms. The number of nitrogens with zero attached hydrogens (tertiary/aromatic N) is 2. The van der Waals surface area contributed by atoms with Gasteiger partial charge in [-0.2, -0.15) is 0 Å². The lowest BCUT2D eigenvalue weighted by atomic mass is 10.1. The average molecular weight is 328 g/mol. The van der Waals surface area contributed by atoms with Crippen LogP contribution in [0.4, 0.5) is 5.69 Å². The van der Waals surface area contributed by atoms with Crippen molar-refractivity contribution in [3.8, 4) is 5.75 Å². The van der Waals surface area contributed by atoms with E-state index in [9.17, 15) is 14.9 Å². The van der Waals surface area contributed by atoms with E-state index in [4.69, 9.17) is 4.74 Å². The van der Waals surface area contributed by atoms with Gasteiger partial charge in [-0.05, 0) is 30.2 Å². The molecule has 0 spiro atoms. The number of amides is 1. The van der Waals surface area contributed by atoms with Crippen LogP contribution in [0.2, 0.25) is 0 Å². The molecular weight excluding hydrogens is 308 g/mol. The third-order valence-electron chi connectivity index (χ3n) is 3.77. The van der Waals surface area contributed by atoms with Gasteiger partial charge in [0.2, 0.25) is 5.91 Å². The number of hydrogen-bond donors (Lipinski definition) is 0. The Bertz CT molecular complexity index is 696. The summed E-state index contributed by atoms with van der Waals surface area (Å²) in [5, 5.41) is 10.7. The van der Waals surface area contributed by atoms with Crippen LogP contribution in [0.3, 0.4) is 0 Å². The predicted molar refractivity (Wildman–Crippen MR) is 90.9 cm³/mol. The normalized spacial score (nSPS) is 10.2. The topological polar surface area (TPSA) is 72.7 Å². The number of non-ortho nitro benzene ring substituents is 1. The van der Waals surface area contributed by atoms with Crippen molar-refractivity contribution in [1.29, 1.82) is 0 Å². The van der Waals surface area contributed by atoms with Crippen LogP contribution in [0.25, 0.3) is 0 Å². The Morgan fingerprint density at radius 2 is 1.67 bits per heavy atom. The van der Waals surface area contributed by atoms with E-state index in [2.05, 4.69) is 0 Å². The maximum absolute atomic E-state index is 12.5. The van der Waals surface area contributed by atoms with E-state index < -0.39 is 4.92 Å². The van der Waals surface area contributed by atoms with E-state index in [0.29, 0.717) is 13.1 Å². The third kappa shape index (κ3) is 4.55. The van der Waals surface area contributed by atoms with Gasteiger partial charge < -0.3 is 9.64 Å². The smallest absolute Gasteiger partial charge is 0.269 e. The van der Waals surface area contributed by atoms with Gasteiger partial charge in [0.15, 0.2) is 0 Å². The molecule has 2 aromatic rings. The second-order valence-electron chi connectivity index (χ2n) is 5.36. The lowest BCUT2D eigenvalue weighted by molar-refractivity contribution is -0.384. The summed E-state index contributed by atoms with van der Waals surface area (Å²) >= 11 is 0. The van der Waals surface area contributed by atoms with Crippen molar-refractivity contribution in [2.45, 2.75) is 19.9 Å². The van der Waals surface area contributed by atoms with E-state index in [-0.39, 0.29) is 18.0 Å². The molecule has 0 radical (unpaired) electrons. The molecule has 0 aliphatic carbocycles. The van der Waals surface area contributed by atoms with Crippen molar-refractivity contribution in [1.82, 2.24) is 4.90 Å². The Morgan fingerprint density at radius 3 is 2.17 bits per heavy atom. The zero-order valence-electron chi connectivity index (χ0n) is 13.8. The number of benzene rings is 2. The SMILES string of the molecule is CCN(Cc1ccc(OC)cc1)C(=O)Cc1ccc([N+](=O)[O-])cc1. The molecule has 0 saturated carbocycles. The summed E-state index contributed by atoms with van der Waals surface area (Å²) in [5.41, 5.74) is 1.81. The summed E-state index contributed by atoms with van der Waals surface area (Å²) in [5.74, 6) is 0.765. The van der Waals surface area contributed by atoms with Gasteiger partial charge in [0, 0.05) is 25.2 Å². The maximum Gasteiger partial charge on any atom is 0.269 e. The molecule has 0 N–H and O–H groups in total. The van der Waals surface area contributed by atoms with Crippen LogP contribution in [0, 0.1) is 10.1 Å². The van der Waals surface area contributed by atoms with Gasteiger partial charge in [-0.15, -0.1) is 0 Å². The molecule has 1 amide bonds. The number of carbonyl (C=O) groups is 1. The minimum atomic E-state index is -0.451. The number of methoxy groups -OCH3 is 1. The molecule has 2 aromatic carbocycles. The first-order valence-corrected chi connectivity index (χ1v) is 7.67. The fourth-order valence-corrected chi connectivity index (χ4v) is 2.35. The third-order valence-corrected chi connectivity index (χ3v) is 3.77. The van der Waals surface area contributed by atoms with Crippen molar-refractivity contribution < 1.29 is 14.5 Å². The summed E-state index contributed by atoms with van der Waals surface area (Å²) in [6.07, 6.45) is 0.224. The Labute approximate surface area is 140 Å². The first kappa shape index (κ1) is 17.5. The molecule has 2 rings (SSSR count). The lowest BCUT2D eigenvalue weighted by Gasteiger charge is -2.21. The minimum absolute atomic E-state index is 0.0119. The monoisotopic (exact) mass is 328 g/mol. The van der Waals surface area contributed by atoms with Crippen molar-refractivity contribution >= 4 is 11.6 Å². The minimum Gasteiger partial charge on any atom is -0.497 e. The van der Waals surface area contributed by atoms with Gasteiger partial charge >= 0.3 is 0 Å². The van der Waals surface area contributed by atoms with E-state index in [1.807, 2.05) is 31.2 Å². The number of rotatable bonds is 7. The number of hydrogen-bond acceptors (Lipinski definition) is 4. The summed E-state index contributed by atoms with van der Waals surface area (Å²) in [6, 6.07) is 13.7. The van der Waals surface area contributed by atoms with Crippen LogP contribution in [-0.2, 0) is 17.8 Å². The second kappa shape index (κ2) is 8.10. The van der Waals surface area contributed by atoms with Crippen molar-refractivity contribution in [3.05, 3.63) is 69.8 Å². The number of nitro groups is 1. The molecule has 126 valence electrons. The van der Waals surface area contributed by atoms with Crippen molar-refractivity contribution in [2.75, 3.05) is 13.7 Å². The van der Waals surface area contributed by atoms with E-state index in [0.717, 1.165) is 16.9 Å². The lowest BCUT2D eigenvalue weighted by Crippen LogP contribution is -2.31. The van der Waals surface area contributed by atoms with E-state index in [1.165, 1.54) is 12.1 Å². The van der Waals surface area contributed by atoms with E-state index >= 15 is 0 Å². The molecule has 0 aliphatic heterocycles. The van der Waals surface area contributed by atoms with Crippen LogP contribution in [0.5, 0.6) is 5.75 Å². The standard InChI is InChI=1S/C18H20N2O4/c1-3-19(13-15-6-10-17(24-2)11-7-15)18(21)12-14-4-8-16(9-5-14)20(22)23/h4-11H,3,12-13H2,1-2H3. The van der Waals surface area contributed by atoms with Gasteiger partial charge in [0.1, 0.15) is 5.75 Å². The number of nitro benzene ring substituents is 1. The van der Waals surface area contributed by atoms with Gasteiger partial charge in [-0.1, -0.05) is 24.3 Å². The zero-order valence-corrected chi connectivity index (χ0v) is 13.8. The summed E-state index contributed by atoms with van der Waals surface area (Å²) < 4.78 is 5.12. The van der Waals surface area contributed by atoms with Gasteiger partial charge in [0.05, 0.1) is 18.5 Å². The fourth-order valence-electron chi connectivity index (χ4n) is 2.35. The number of ether oxygens (including phenoxy) is 1. The molecule has 0 heterocycles. The molecule has 0 aliphatic rings. The van der Waals surface area contributed by atoms with Crippen LogP contribution < -0.4 is 4.74 Å². The van der Waals surface area contributed by atoms with Crippen molar-refractivity contribution in [3.63, 3.8) is 0 Å². The quantitative estimate of drug-likeness (QED) is 0.578. The predicted octanol–water partition coefficient (Wildman–Crippen LogP) is 3.19. The number of likely N-dealkylation sites (N-methyl/N-ethyl adjacent to an activating group) is 1. The zero-order chi connectivity index (χ0) is 17.5. The molecule has 0 atom stereocenters. The van der Waals surface area contributed by atoms with E-state index in [1.54, 1.807) is 24.1 Å². The molecular formula is C18H20N2O4. The molecule has 0 saturated heterocycles. The highest BCUT2D eigenvalue weighted by atomic mass is 16.6. The van der Waals surface area contributed by atoms with Gasteiger partial charge in [-0.3, -0.25) is 14.9 Å². The summed E-state index contributed by atoms with van der Waals surface area (Å²) in [4.78, 5) is 24.4. The highest BCUT2D eigenvalue weighted by molar-refractivity contribution is 5.78. The Balaban J connectivity index is 2.00. The van der Waals surface area contributed by atoms with Crippen LogP contribution >= 0.6 is 0 Å². The Morgan fingerprint density at radius 1 is 1.08 bits per heavy atom. The second-order valence-corrected chi connectivity index (χ2v) is 5.36. The molecule has 6 nitrogen and oxygen atoms in total. The highest BCUT2D eigenvalue weighted by Gasteiger charge is 2.14. The fraction of sp³-hybridized carbons (Fsp3) is 0.278. The Kier molecular flexibility index (Phi) is 5.89.